The highest BCUT2D eigenvalue weighted by Gasteiger charge is 2.67. The zero-order chi connectivity index (χ0) is 21.7. The van der Waals surface area contributed by atoms with Gasteiger partial charge in [0.05, 0.1) is 0 Å². The summed E-state index contributed by atoms with van der Waals surface area (Å²) in [7, 11) is 0. The van der Waals surface area contributed by atoms with Gasteiger partial charge in [-0.3, -0.25) is 19.5 Å². The van der Waals surface area contributed by atoms with E-state index >= 15 is 0 Å². The highest BCUT2D eigenvalue weighted by molar-refractivity contribution is 6.08. The minimum atomic E-state index is -1.56. The maximum Gasteiger partial charge on any atom is 0.330 e. The standard InChI is InChI=1S/C22H27N5O3/c1-4-12-23-20(29)26-16-15-24(17-18-10-8-7-9-11-18)22(26)19(28)25(13-5-2)21(30)27(22)14-6-3/h4-11H,1-3,12-17H2,(H,23,29). The molecule has 5 amide bonds. The first-order chi connectivity index (χ1) is 14.5. The van der Waals surface area contributed by atoms with Gasteiger partial charge in [-0.25, -0.2) is 14.5 Å². The minimum absolute atomic E-state index is 0.0638. The molecule has 8 nitrogen and oxygen atoms in total. The van der Waals surface area contributed by atoms with Gasteiger partial charge in [-0.05, 0) is 5.56 Å². The molecule has 0 aliphatic carbocycles. The zero-order valence-corrected chi connectivity index (χ0v) is 17.0. The Kier molecular flexibility index (Phi) is 6.37. The summed E-state index contributed by atoms with van der Waals surface area (Å²) >= 11 is 0. The van der Waals surface area contributed by atoms with E-state index in [-0.39, 0.29) is 19.6 Å². The Balaban J connectivity index is 2.09. The monoisotopic (exact) mass is 409 g/mol. The molecule has 0 saturated carbocycles. The minimum Gasteiger partial charge on any atom is -0.334 e. The first-order valence-corrected chi connectivity index (χ1v) is 9.83. The molecular weight excluding hydrogens is 382 g/mol. The predicted octanol–water partition coefficient (Wildman–Crippen LogP) is 1.99. The van der Waals surface area contributed by atoms with Crippen LogP contribution in [0.4, 0.5) is 9.59 Å². The van der Waals surface area contributed by atoms with E-state index in [2.05, 4.69) is 25.1 Å². The van der Waals surface area contributed by atoms with Crippen LogP contribution in [0.3, 0.4) is 0 Å². The van der Waals surface area contributed by atoms with E-state index < -0.39 is 23.8 Å². The highest BCUT2D eigenvalue weighted by Crippen LogP contribution is 2.39. The lowest BCUT2D eigenvalue weighted by Crippen LogP contribution is -2.68. The summed E-state index contributed by atoms with van der Waals surface area (Å²) in [5.41, 5.74) is 0.978. The second kappa shape index (κ2) is 8.96. The van der Waals surface area contributed by atoms with Crippen molar-refractivity contribution in [2.45, 2.75) is 12.3 Å². The van der Waals surface area contributed by atoms with Crippen LogP contribution in [0.25, 0.3) is 0 Å². The van der Waals surface area contributed by atoms with Crippen LogP contribution in [0.2, 0.25) is 0 Å². The third-order valence-electron chi connectivity index (χ3n) is 5.26. The van der Waals surface area contributed by atoms with Gasteiger partial charge < -0.3 is 5.32 Å². The summed E-state index contributed by atoms with van der Waals surface area (Å²) in [4.78, 5) is 45.7. The van der Waals surface area contributed by atoms with E-state index in [0.717, 1.165) is 10.5 Å². The van der Waals surface area contributed by atoms with Crippen LogP contribution >= 0.6 is 0 Å². The van der Waals surface area contributed by atoms with E-state index in [0.29, 0.717) is 19.6 Å². The lowest BCUT2D eigenvalue weighted by molar-refractivity contribution is -0.151. The SMILES string of the molecule is C=CCNC(=O)N1CCN(Cc2ccccc2)C12C(=O)N(CC=C)C(=O)N2CC=C. The first kappa shape index (κ1) is 21.3. The summed E-state index contributed by atoms with van der Waals surface area (Å²) in [5, 5.41) is 2.74. The highest BCUT2D eigenvalue weighted by atomic mass is 16.2. The molecule has 8 heteroatoms. The van der Waals surface area contributed by atoms with Gasteiger partial charge in [0.15, 0.2) is 0 Å². The number of benzene rings is 1. The fraction of sp³-hybridized carbons (Fsp3) is 0.318. The third kappa shape index (κ3) is 3.39. The van der Waals surface area contributed by atoms with Crippen molar-refractivity contribution in [1.29, 1.82) is 0 Å². The lowest BCUT2D eigenvalue weighted by Gasteiger charge is -2.43. The van der Waals surface area contributed by atoms with Gasteiger partial charge in [0.25, 0.3) is 11.7 Å². The Morgan fingerprint density at radius 2 is 1.73 bits per heavy atom. The number of rotatable bonds is 8. The van der Waals surface area contributed by atoms with Crippen molar-refractivity contribution < 1.29 is 14.4 Å². The van der Waals surface area contributed by atoms with Gasteiger partial charge in [0.2, 0.25) is 0 Å². The number of amides is 5. The Hall–Kier alpha value is -3.39. The topological polar surface area (TPSA) is 76.2 Å². The van der Waals surface area contributed by atoms with Crippen molar-refractivity contribution in [3.05, 3.63) is 73.9 Å². The molecule has 2 fully saturated rings. The molecule has 2 aliphatic heterocycles. The van der Waals surface area contributed by atoms with E-state index in [1.54, 1.807) is 12.2 Å². The normalized spacial score (nSPS) is 21.4. The Labute approximate surface area is 176 Å². The molecule has 1 spiro atoms. The van der Waals surface area contributed by atoms with Crippen LogP contribution in [0.5, 0.6) is 0 Å². The van der Waals surface area contributed by atoms with E-state index in [4.69, 9.17) is 0 Å². The van der Waals surface area contributed by atoms with Crippen LogP contribution < -0.4 is 5.32 Å². The first-order valence-electron chi connectivity index (χ1n) is 9.83. The molecule has 158 valence electrons. The van der Waals surface area contributed by atoms with Crippen molar-refractivity contribution in [2.75, 3.05) is 32.7 Å². The molecule has 1 aromatic carbocycles. The molecule has 1 atom stereocenters. The van der Waals surface area contributed by atoms with Crippen LogP contribution in [0.15, 0.2) is 68.3 Å². The van der Waals surface area contributed by atoms with Crippen LogP contribution in [-0.4, -0.2) is 76.1 Å². The van der Waals surface area contributed by atoms with Gasteiger partial charge in [-0.15, -0.1) is 19.7 Å². The molecule has 3 rings (SSSR count). The molecular formula is C22H27N5O3. The fourth-order valence-electron chi connectivity index (χ4n) is 4.05. The summed E-state index contributed by atoms with van der Waals surface area (Å²) < 4.78 is 0. The van der Waals surface area contributed by atoms with Crippen LogP contribution in [0, 0.1) is 0 Å². The Morgan fingerprint density at radius 1 is 1.03 bits per heavy atom. The van der Waals surface area contributed by atoms with Crippen molar-refractivity contribution >= 4 is 18.0 Å². The van der Waals surface area contributed by atoms with Gasteiger partial charge in [0, 0.05) is 39.3 Å². The Morgan fingerprint density at radius 3 is 2.37 bits per heavy atom. The molecule has 30 heavy (non-hydrogen) atoms. The zero-order valence-electron chi connectivity index (χ0n) is 17.0. The Bertz CT molecular complexity index is 856. The van der Waals surface area contributed by atoms with Crippen molar-refractivity contribution in [1.82, 2.24) is 24.9 Å². The van der Waals surface area contributed by atoms with Crippen molar-refractivity contribution in [3.8, 4) is 0 Å². The molecule has 0 aromatic heterocycles. The third-order valence-corrected chi connectivity index (χ3v) is 5.26. The largest absolute Gasteiger partial charge is 0.334 e. The number of nitrogens with one attached hydrogen (secondary N) is 1. The van der Waals surface area contributed by atoms with Gasteiger partial charge in [-0.2, -0.15) is 0 Å². The molecule has 2 aliphatic rings. The number of carbonyl (C=O) groups excluding carboxylic acids is 3. The number of hydrogen-bond acceptors (Lipinski definition) is 4. The summed E-state index contributed by atoms with van der Waals surface area (Å²) in [6.07, 6.45) is 4.62. The number of hydrogen-bond donors (Lipinski definition) is 1. The molecule has 1 unspecified atom stereocenters. The quantitative estimate of drug-likeness (QED) is 0.526. The van der Waals surface area contributed by atoms with Gasteiger partial charge in [-0.1, -0.05) is 48.6 Å². The van der Waals surface area contributed by atoms with E-state index in [1.165, 1.54) is 15.9 Å². The molecule has 2 heterocycles. The number of imide groups is 1. The molecule has 2 saturated heterocycles. The second-order valence-electron chi connectivity index (χ2n) is 7.06. The number of carbonyl (C=O) groups is 3. The summed E-state index contributed by atoms with van der Waals surface area (Å²) in [6, 6.07) is 8.75. The molecule has 0 radical (unpaired) electrons. The van der Waals surface area contributed by atoms with E-state index in [9.17, 15) is 14.4 Å². The molecule has 1 aromatic rings. The van der Waals surface area contributed by atoms with Crippen LogP contribution in [-0.2, 0) is 11.3 Å². The van der Waals surface area contributed by atoms with Gasteiger partial charge >= 0.3 is 12.1 Å². The molecule has 0 bridgehead atoms. The molecule has 1 N–H and O–H groups in total. The van der Waals surface area contributed by atoms with E-state index in [1.807, 2.05) is 35.2 Å². The predicted molar refractivity (Wildman–Crippen MR) is 114 cm³/mol. The maximum absolute atomic E-state index is 13.7. The number of nitrogens with zero attached hydrogens (tertiary/aromatic N) is 4. The number of urea groups is 2. The summed E-state index contributed by atoms with van der Waals surface area (Å²) in [6.45, 7) is 12.6. The average molecular weight is 409 g/mol. The second-order valence-corrected chi connectivity index (χ2v) is 7.06. The van der Waals surface area contributed by atoms with Crippen molar-refractivity contribution in [2.24, 2.45) is 0 Å². The average Bonchev–Trinajstić information content (AvgIpc) is 3.21. The lowest BCUT2D eigenvalue weighted by atomic mass is 10.1. The van der Waals surface area contributed by atoms with Gasteiger partial charge in [0.1, 0.15) is 0 Å². The summed E-state index contributed by atoms with van der Waals surface area (Å²) in [5.74, 6) is -2.02. The fourth-order valence-corrected chi connectivity index (χ4v) is 4.05. The van der Waals surface area contributed by atoms with Crippen molar-refractivity contribution in [3.63, 3.8) is 0 Å². The smallest absolute Gasteiger partial charge is 0.330 e. The maximum atomic E-state index is 13.7. The van der Waals surface area contributed by atoms with Crippen LogP contribution in [0.1, 0.15) is 5.56 Å².